The minimum atomic E-state index is -0.751. The first kappa shape index (κ1) is 19.7. The SMILES string of the molecule is O=C(O)CCCCCCNC(=O)C1CCCCC1C(=O)N1CCCC1. The van der Waals surface area contributed by atoms with Crippen molar-refractivity contribution < 1.29 is 19.5 Å². The average Bonchev–Trinajstić information content (AvgIpc) is 3.14. The summed E-state index contributed by atoms with van der Waals surface area (Å²) < 4.78 is 0. The first-order chi connectivity index (χ1) is 12.1. The Kier molecular flexibility index (Phi) is 8.22. The van der Waals surface area contributed by atoms with E-state index >= 15 is 0 Å². The molecule has 25 heavy (non-hydrogen) atoms. The van der Waals surface area contributed by atoms with Crippen molar-refractivity contribution >= 4 is 17.8 Å². The van der Waals surface area contributed by atoms with Crippen LogP contribution in [0.2, 0.25) is 0 Å². The van der Waals surface area contributed by atoms with Gasteiger partial charge in [0.1, 0.15) is 0 Å². The Hall–Kier alpha value is -1.59. The molecule has 2 N–H and O–H groups in total. The molecule has 0 aromatic rings. The summed E-state index contributed by atoms with van der Waals surface area (Å²) in [6.07, 6.45) is 9.45. The maximum absolute atomic E-state index is 12.7. The third-order valence-electron chi connectivity index (χ3n) is 5.45. The quantitative estimate of drug-likeness (QED) is 0.624. The van der Waals surface area contributed by atoms with E-state index in [9.17, 15) is 14.4 Å². The van der Waals surface area contributed by atoms with Gasteiger partial charge in [-0.2, -0.15) is 0 Å². The number of nitrogens with one attached hydrogen (secondary N) is 1. The van der Waals surface area contributed by atoms with E-state index in [0.717, 1.165) is 70.9 Å². The Labute approximate surface area is 150 Å². The molecule has 1 saturated heterocycles. The fraction of sp³-hybridized carbons (Fsp3) is 0.842. The van der Waals surface area contributed by atoms with Crippen molar-refractivity contribution in [1.82, 2.24) is 10.2 Å². The Balaban J connectivity index is 1.70. The fourth-order valence-electron chi connectivity index (χ4n) is 4.01. The zero-order valence-corrected chi connectivity index (χ0v) is 15.2. The van der Waals surface area contributed by atoms with Crippen LogP contribution in [0.1, 0.15) is 70.6 Å². The molecular weight excluding hydrogens is 320 g/mol. The number of nitrogens with zero attached hydrogens (tertiary/aromatic N) is 1. The Bertz CT molecular complexity index is 460. The highest BCUT2D eigenvalue weighted by atomic mass is 16.4. The number of hydrogen-bond acceptors (Lipinski definition) is 3. The number of carboxylic acids is 1. The van der Waals surface area contributed by atoms with Gasteiger partial charge in [0.25, 0.3) is 0 Å². The number of carbonyl (C=O) groups excluding carboxylic acids is 2. The summed E-state index contributed by atoms with van der Waals surface area (Å²) in [6, 6.07) is 0. The third-order valence-corrected chi connectivity index (χ3v) is 5.45. The molecule has 6 heteroatoms. The van der Waals surface area contributed by atoms with E-state index in [0.29, 0.717) is 13.0 Å². The monoisotopic (exact) mass is 352 g/mol. The number of aliphatic carboxylic acids is 1. The molecular formula is C19H32N2O4. The molecule has 2 fully saturated rings. The van der Waals surface area contributed by atoms with Crippen LogP contribution in [0.3, 0.4) is 0 Å². The van der Waals surface area contributed by atoms with Crippen molar-refractivity contribution in [2.45, 2.75) is 70.6 Å². The van der Waals surface area contributed by atoms with Gasteiger partial charge in [-0.3, -0.25) is 14.4 Å². The lowest BCUT2D eigenvalue weighted by Gasteiger charge is -2.32. The normalized spacial score (nSPS) is 23.4. The van der Waals surface area contributed by atoms with E-state index in [4.69, 9.17) is 5.11 Å². The highest BCUT2D eigenvalue weighted by Crippen LogP contribution is 2.32. The number of carbonyl (C=O) groups is 3. The minimum absolute atomic E-state index is 0.0304. The molecule has 0 aromatic heterocycles. The van der Waals surface area contributed by atoms with Gasteiger partial charge < -0.3 is 15.3 Å². The Morgan fingerprint density at radius 1 is 0.880 bits per heavy atom. The van der Waals surface area contributed by atoms with Crippen molar-refractivity contribution in [3.63, 3.8) is 0 Å². The van der Waals surface area contributed by atoms with Crippen molar-refractivity contribution in [3.05, 3.63) is 0 Å². The molecule has 2 atom stereocenters. The van der Waals surface area contributed by atoms with Crippen molar-refractivity contribution in [1.29, 1.82) is 0 Å². The van der Waals surface area contributed by atoms with Crippen molar-refractivity contribution in [2.75, 3.05) is 19.6 Å². The Morgan fingerprint density at radius 3 is 2.20 bits per heavy atom. The van der Waals surface area contributed by atoms with Gasteiger partial charge in [0, 0.05) is 37.9 Å². The Morgan fingerprint density at radius 2 is 1.52 bits per heavy atom. The number of carboxylic acid groups (broad SMARTS) is 1. The molecule has 0 bridgehead atoms. The zero-order valence-electron chi connectivity index (χ0n) is 15.2. The number of hydrogen-bond donors (Lipinski definition) is 2. The molecule has 2 rings (SSSR count). The standard InChI is InChI=1S/C19H32N2O4/c22-17(23)11-3-1-2-6-12-20-18(24)15-9-4-5-10-16(15)19(25)21-13-7-8-14-21/h15-16H,1-14H2,(H,20,24)(H,22,23). The van der Waals surface area contributed by atoms with Crippen molar-refractivity contribution in [3.8, 4) is 0 Å². The molecule has 1 aliphatic carbocycles. The van der Waals surface area contributed by atoms with Gasteiger partial charge in [0.2, 0.25) is 11.8 Å². The van der Waals surface area contributed by atoms with E-state index < -0.39 is 5.97 Å². The molecule has 0 radical (unpaired) electrons. The molecule has 0 spiro atoms. The maximum Gasteiger partial charge on any atom is 0.303 e. The van der Waals surface area contributed by atoms with Crippen LogP contribution in [-0.4, -0.2) is 47.4 Å². The van der Waals surface area contributed by atoms with Crippen LogP contribution in [0.25, 0.3) is 0 Å². The molecule has 2 unspecified atom stereocenters. The largest absolute Gasteiger partial charge is 0.481 e. The van der Waals surface area contributed by atoms with Crippen LogP contribution in [0.15, 0.2) is 0 Å². The highest BCUT2D eigenvalue weighted by Gasteiger charge is 2.38. The first-order valence-corrected chi connectivity index (χ1v) is 9.88. The molecule has 1 aliphatic heterocycles. The van der Waals surface area contributed by atoms with Gasteiger partial charge >= 0.3 is 5.97 Å². The summed E-state index contributed by atoms with van der Waals surface area (Å²) in [6.45, 7) is 2.31. The summed E-state index contributed by atoms with van der Waals surface area (Å²) >= 11 is 0. The van der Waals surface area contributed by atoms with Gasteiger partial charge in [0.15, 0.2) is 0 Å². The molecule has 142 valence electrons. The van der Waals surface area contributed by atoms with E-state index in [1.165, 1.54) is 0 Å². The summed E-state index contributed by atoms with van der Waals surface area (Å²) in [7, 11) is 0. The van der Waals surface area contributed by atoms with Crippen LogP contribution in [0, 0.1) is 11.8 Å². The lowest BCUT2D eigenvalue weighted by atomic mass is 9.78. The van der Waals surface area contributed by atoms with Crippen LogP contribution >= 0.6 is 0 Å². The summed E-state index contributed by atoms with van der Waals surface area (Å²) in [5, 5.41) is 11.6. The van der Waals surface area contributed by atoms with Gasteiger partial charge in [-0.05, 0) is 38.5 Å². The second kappa shape index (κ2) is 10.4. The van der Waals surface area contributed by atoms with Crippen LogP contribution in [0.4, 0.5) is 0 Å². The molecule has 1 saturated carbocycles. The van der Waals surface area contributed by atoms with E-state index in [1.54, 1.807) is 0 Å². The molecule has 1 heterocycles. The number of unbranched alkanes of at least 4 members (excludes halogenated alkanes) is 3. The predicted octanol–water partition coefficient (Wildman–Crippen LogP) is 2.57. The summed E-state index contributed by atoms with van der Waals surface area (Å²) in [5.74, 6) is -0.843. The van der Waals surface area contributed by atoms with E-state index in [-0.39, 0.29) is 30.1 Å². The predicted molar refractivity (Wildman–Crippen MR) is 95.0 cm³/mol. The highest BCUT2D eigenvalue weighted by molar-refractivity contribution is 5.88. The average molecular weight is 352 g/mol. The molecule has 2 aliphatic rings. The van der Waals surface area contributed by atoms with Crippen molar-refractivity contribution in [2.24, 2.45) is 11.8 Å². The smallest absolute Gasteiger partial charge is 0.303 e. The number of likely N-dealkylation sites (tertiary alicyclic amines) is 1. The van der Waals surface area contributed by atoms with E-state index in [2.05, 4.69) is 5.32 Å². The zero-order chi connectivity index (χ0) is 18.1. The van der Waals surface area contributed by atoms with Crippen LogP contribution in [-0.2, 0) is 14.4 Å². The van der Waals surface area contributed by atoms with Gasteiger partial charge in [-0.15, -0.1) is 0 Å². The second-order valence-electron chi connectivity index (χ2n) is 7.38. The number of rotatable bonds is 9. The van der Waals surface area contributed by atoms with E-state index in [1.807, 2.05) is 4.90 Å². The van der Waals surface area contributed by atoms with Gasteiger partial charge in [0.05, 0.1) is 0 Å². The van der Waals surface area contributed by atoms with Crippen LogP contribution in [0.5, 0.6) is 0 Å². The molecule has 6 nitrogen and oxygen atoms in total. The third kappa shape index (κ3) is 6.33. The topological polar surface area (TPSA) is 86.7 Å². The van der Waals surface area contributed by atoms with Gasteiger partial charge in [-0.1, -0.05) is 25.7 Å². The summed E-state index contributed by atoms with van der Waals surface area (Å²) in [5.41, 5.74) is 0. The maximum atomic E-state index is 12.7. The van der Waals surface area contributed by atoms with Crippen LogP contribution < -0.4 is 5.32 Å². The van der Waals surface area contributed by atoms with Gasteiger partial charge in [-0.25, -0.2) is 0 Å². The first-order valence-electron chi connectivity index (χ1n) is 9.88. The minimum Gasteiger partial charge on any atom is -0.481 e. The second-order valence-corrected chi connectivity index (χ2v) is 7.38. The molecule has 2 amide bonds. The molecule has 0 aromatic carbocycles. The fourth-order valence-corrected chi connectivity index (χ4v) is 4.01. The number of amides is 2. The lowest BCUT2D eigenvalue weighted by molar-refractivity contribution is -0.142. The lowest BCUT2D eigenvalue weighted by Crippen LogP contribution is -2.44. The summed E-state index contributed by atoms with van der Waals surface area (Å²) in [4.78, 5) is 37.7.